The van der Waals surface area contributed by atoms with Gasteiger partial charge in [0.1, 0.15) is 5.82 Å². The average Bonchev–Trinajstić information content (AvgIpc) is 2.78. The van der Waals surface area contributed by atoms with Crippen LogP contribution >= 0.6 is 11.9 Å². The first kappa shape index (κ1) is 21.0. The molecule has 150 valence electrons. The highest BCUT2D eigenvalue weighted by molar-refractivity contribution is 7.97. The van der Waals surface area contributed by atoms with Gasteiger partial charge in [0, 0.05) is 22.6 Å². The summed E-state index contributed by atoms with van der Waals surface area (Å²) in [7, 11) is 3.09. The van der Waals surface area contributed by atoms with E-state index in [0.717, 1.165) is 17.0 Å². The van der Waals surface area contributed by atoms with Crippen molar-refractivity contribution in [3.05, 3.63) is 42.1 Å². The molecule has 0 saturated carbocycles. The highest BCUT2D eigenvalue weighted by Gasteiger charge is 2.52. The fraction of sp³-hybridized carbons (Fsp3) is 0.421. The Morgan fingerprint density at radius 1 is 1.07 bits per heavy atom. The van der Waals surface area contributed by atoms with Crippen molar-refractivity contribution in [2.24, 2.45) is 0 Å². The lowest BCUT2D eigenvalue weighted by atomic mass is 9.79. The molecule has 0 radical (unpaired) electrons. The first-order chi connectivity index (χ1) is 13.0. The van der Waals surface area contributed by atoms with Crippen molar-refractivity contribution in [1.29, 1.82) is 0 Å². The van der Waals surface area contributed by atoms with Crippen molar-refractivity contribution in [3.63, 3.8) is 0 Å². The molecule has 0 bridgehead atoms. The van der Waals surface area contributed by atoms with Crippen molar-refractivity contribution in [2.75, 3.05) is 14.1 Å². The molecule has 1 fully saturated rings. The van der Waals surface area contributed by atoms with E-state index in [-0.39, 0.29) is 11.6 Å². The maximum absolute atomic E-state index is 14.1. The predicted octanol–water partition coefficient (Wildman–Crippen LogP) is 4.02. The molecule has 0 N–H and O–H groups in total. The molecule has 0 spiro atoms. The number of halogens is 2. The third-order valence-electron chi connectivity index (χ3n) is 4.75. The Hall–Kier alpha value is -1.68. The minimum Gasteiger partial charge on any atom is -0.436 e. The Bertz CT molecular complexity index is 864. The maximum Gasteiger partial charge on any atom is 0.500 e. The van der Waals surface area contributed by atoms with Crippen LogP contribution in [0.15, 0.2) is 35.4 Å². The summed E-state index contributed by atoms with van der Waals surface area (Å²) < 4.78 is 47.1. The molecule has 3 rings (SSSR count). The van der Waals surface area contributed by atoms with Gasteiger partial charge in [0.15, 0.2) is 11.6 Å². The van der Waals surface area contributed by atoms with Crippen molar-refractivity contribution in [2.45, 2.75) is 43.8 Å². The van der Waals surface area contributed by atoms with Gasteiger partial charge < -0.3 is 14.0 Å². The molecule has 1 saturated heterocycles. The minimum absolute atomic E-state index is 0.125. The van der Waals surface area contributed by atoms with Crippen LogP contribution in [0.25, 0.3) is 0 Å². The third kappa shape index (κ3) is 4.32. The van der Waals surface area contributed by atoms with Gasteiger partial charge in [-0.3, -0.25) is 4.31 Å². The second-order valence-corrected chi connectivity index (χ2v) is 9.12. The van der Waals surface area contributed by atoms with Crippen LogP contribution < -0.4 is 10.2 Å². The molecule has 1 aromatic heterocycles. The maximum atomic E-state index is 14.1. The lowest BCUT2D eigenvalue weighted by Crippen LogP contribution is -2.41. The summed E-state index contributed by atoms with van der Waals surface area (Å²) in [5, 5.41) is 0. The fourth-order valence-corrected chi connectivity index (χ4v) is 3.30. The molecule has 1 aliphatic rings. The standard InChI is InChI=1S/C19H23BF2N2O3S/c1-18(2)19(3,4)27-20(26-18)14-10-13(28-24(5)6)11-23-17(14)25-16-8-7-12(21)9-15(16)22/h7-11H,1-6H3. The molecule has 0 amide bonds. The second kappa shape index (κ2) is 7.63. The van der Waals surface area contributed by atoms with E-state index in [0.29, 0.717) is 5.46 Å². The van der Waals surface area contributed by atoms with E-state index in [9.17, 15) is 8.78 Å². The minimum atomic E-state index is -0.812. The fourth-order valence-electron chi connectivity index (χ4n) is 2.60. The monoisotopic (exact) mass is 408 g/mol. The smallest absolute Gasteiger partial charge is 0.436 e. The van der Waals surface area contributed by atoms with E-state index in [1.165, 1.54) is 18.0 Å². The van der Waals surface area contributed by atoms with E-state index in [1.807, 2.05) is 52.2 Å². The van der Waals surface area contributed by atoms with Crippen LogP contribution in [-0.4, -0.2) is 41.7 Å². The van der Waals surface area contributed by atoms with Crippen LogP contribution in [0.2, 0.25) is 0 Å². The number of nitrogens with zero attached hydrogens (tertiary/aromatic N) is 2. The van der Waals surface area contributed by atoms with Gasteiger partial charge in [-0.05, 0) is 71.9 Å². The highest BCUT2D eigenvalue weighted by Crippen LogP contribution is 2.38. The number of hydrogen-bond donors (Lipinski definition) is 0. The second-order valence-electron chi connectivity index (χ2n) is 7.73. The molecule has 0 atom stereocenters. The number of rotatable bonds is 5. The van der Waals surface area contributed by atoms with E-state index in [2.05, 4.69) is 4.98 Å². The summed E-state index contributed by atoms with van der Waals surface area (Å²) in [6, 6.07) is 4.96. The normalized spacial score (nSPS) is 18.0. The quantitative estimate of drug-likeness (QED) is 0.550. The molecule has 5 nitrogen and oxygen atoms in total. The predicted molar refractivity (Wildman–Crippen MR) is 106 cm³/mol. The first-order valence-electron chi connectivity index (χ1n) is 8.82. The number of hydrogen-bond acceptors (Lipinski definition) is 6. The third-order valence-corrected chi connectivity index (χ3v) is 5.55. The molecule has 2 heterocycles. The van der Waals surface area contributed by atoms with Crippen molar-refractivity contribution in [1.82, 2.24) is 9.29 Å². The average molecular weight is 408 g/mol. The van der Waals surface area contributed by atoms with Crippen LogP contribution in [0.1, 0.15) is 27.7 Å². The van der Waals surface area contributed by atoms with E-state index >= 15 is 0 Å². The van der Waals surface area contributed by atoms with Crippen molar-refractivity contribution in [3.8, 4) is 11.6 Å². The number of aromatic nitrogens is 1. The van der Waals surface area contributed by atoms with E-state index < -0.39 is 30.0 Å². The summed E-state index contributed by atoms with van der Waals surface area (Å²) >= 11 is 1.47. The Balaban J connectivity index is 2.00. The Morgan fingerprint density at radius 2 is 1.71 bits per heavy atom. The molecule has 0 aliphatic carbocycles. The van der Waals surface area contributed by atoms with Crippen LogP contribution in [0.4, 0.5) is 8.78 Å². The molecule has 2 aromatic rings. The van der Waals surface area contributed by atoms with Crippen molar-refractivity contribution >= 4 is 24.5 Å². The summed E-state index contributed by atoms with van der Waals surface area (Å²) in [6.07, 6.45) is 1.62. The SMILES string of the molecule is CN(C)Sc1cnc(Oc2ccc(F)cc2F)c(B2OC(C)(C)C(C)(C)O2)c1. The van der Waals surface area contributed by atoms with Gasteiger partial charge in [-0.2, -0.15) is 0 Å². The molecule has 1 aliphatic heterocycles. The molecular formula is C19H23BF2N2O3S. The zero-order valence-electron chi connectivity index (χ0n) is 16.7. The van der Waals surface area contributed by atoms with Gasteiger partial charge in [0.05, 0.1) is 11.2 Å². The molecule has 0 unspecified atom stereocenters. The largest absolute Gasteiger partial charge is 0.500 e. The first-order valence-corrected chi connectivity index (χ1v) is 9.59. The summed E-state index contributed by atoms with van der Waals surface area (Å²) in [6.45, 7) is 7.77. The van der Waals surface area contributed by atoms with Gasteiger partial charge in [-0.1, -0.05) is 0 Å². The van der Waals surface area contributed by atoms with Crippen molar-refractivity contribution < 1.29 is 22.8 Å². The summed E-state index contributed by atoms with van der Waals surface area (Å²) in [5.41, 5.74) is -0.573. The lowest BCUT2D eigenvalue weighted by Gasteiger charge is -2.32. The molecule has 1 aromatic carbocycles. The number of benzene rings is 1. The van der Waals surface area contributed by atoms with Gasteiger partial charge >= 0.3 is 7.12 Å². The zero-order chi connectivity index (χ0) is 20.7. The van der Waals surface area contributed by atoms with Gasteiger partial charge in [-0.15, -0.1) is 0 Å². The van der Waals surface area contributed by atoms with Crippen LogP contribution in [0, 0.1) is 11.6 Å². The van der Waals surface area contributed by atoms with Crippen LogP contribution in [-0.2, 0) is 9.31 Å². The van der Waals surface area contributed by atoms with Crippen LogP contribution in [0.5, 0.6) is 11.6 Å². The van der Waals surface area contributed by atoms with E-state index in [4.69, 9.17) is 14.0 Å². The topological polar surface area (TPSA) is 43.8 Å². The van der Waals surface area contributed by atoms with Gasteiger partial charge in [0.25, 0.3) is 0 Å². The molecular weight excluding hydrogens is 385 g/mol. The Morgan fingerprint density at radius 3 is 2.29 bits per heavy atom. The zero-order valence-corrected chi connectivity index (χ0v) is 17.6. The molecule has 28 heavy (non-hydrogen) atoms. The summed E-state index contributed by atoms with van der Waals surface area (Å²) in [4.78, 5) is 5.19. The summed E-state index contributed by atoms with van der Waals surface area (Å²) in [5.74, 6) is -1.47. The highest BCUT2D eigenvalue weighted by atomic mass is 32.2. The van der Waals surface area contributed by atoms with Gasteiger partial charge in [-0.25, -0.2) is 13.8 Å². The lowest BCUT2D eigenvalue weighted by molar-refractivity contribution is 0.00578. The number of ether oxygens (including phenoxy) is 1. The Labute approximate surface area is 168 Å². The number of pyridine rings is 1. The van der Waals surface area contributed by atoms with E-state index in [1.54, 1.807) is 6.20 Å². The van der Waals surface area contributed by atoms with Gasteiger partial charge in [0.2, 0.25) is 5.88 Å². The Kier molecular flexibility index (Phi) is 5.73. The molecule has 9 heteroatoms. The van der Waals surface area contributed by atoms with Crippen LogP contribution in [0.3, 0.4) is 0 Å².